The molecule has 4 rings (SSSR count). The van der Waals surface area contributed by atoms with E-state index in [1.54, 1.807) is 0 Å². The molecule has 3 heterocycles. The van der Waals surface area contributed by atoms with Crippen LogP contribution in [0.2, 0.25) is 0 Å². The number of rotatable bonds is 4. The third kappa shape index (κ3) is 3.82. The molecule has 2 aliphatic heterocycles. The van der Waals surface area contributed by atoms with E-state index in [1.807, 2.05) is 43.3 Å². The number of piperazine rings is 1. The third-order valence-electron chi connectivity index (χ3n) is 5.45. The highest BCUT2D eigenvalue weighted by Crippen LogP contribution is 2.29. The van der Waals surface area contributed by atoms with Crippen LogP contribution in [-0.4, -0.2) is 59.9 Å². The first-order valence-electron chi connectivity index (χ1n) is 9.15. The van der Waals surface area contributed by atoms with Crippen LogP contribution in [0.3, 0.4) is 0 Å². The van der Waals surface area contributed by atoms with Crippen molar-refractivity contribution < 1.29 is 8.42 Å². The normalized spacial score (nSPS) is 25.9. The van der Waals surface area contributed by atoms with Crippen molar-refractivity contribution in [1.29, 1.82) is 0 Å². The van der Waals surface area contributed by atoms with E-state index in [0.717, 1.165) is 37.6 Å². The van der Waals surface area contributed by atoms with Crippen LogP contribution in [0, 0.1) is 6.92 Å². The number of sulfone groups is 1. The number of fused-ring (bicyclic) bond motifs is 1. The molecule has 2 saturated heterocycles. The Morgan fingerprint density at radius 2 is 1.58 bits per heavy atom. The molecule has 26 heavy (non-hydrogen) atoms. The van der Waals surface area contributed by atoms with Gasteiger partial charge in [-0.2, -0.15) is 0 Å². The summed E-state index contributed by atoms with van der Waals surface area (Å²) in [6.45, 7) is 5.28. The zero-order valence-corrected chi connectivity index (χ0v) is 15.9. The van der Waals surface area contributed by atoms with E-state index in [-0.39, 0.29) is 23.6 Å². The molecular formula is C20H25N3O2S. The molecule has 138 valence electrons. The summed E-state index contributed by atoms with van der Waals surface area (Å²) in [5.41, 5.74) is 3.26. The van der Waals surface area contributed by atoms with Crippen LogP contribution in [0.15, 0.2) is 48.5 Å². The largest absolute Gasteiger partial charge is 0.292 e. The van der Waals surface area contributed by atoms with E-state index >= 15 is 0 Å². The Kier molecular flexibility index (Phi) is 4.82. The molecule has 0 bridgehead atoms. The number of hydrogen-bond acceptors (Lipinski definition) is 5. The minimum absolute atomic E-state index is 0.0553. The smallest absolute Gasteiger partial charge is 0.153 e. The summed E-state index contributed by atoms with van der Waals surface area (Å²) in [6.07, 6.45) is 0. The van der Waals surface area contributed by atoms with Crippen LogP contribution in [0.1, 0.15) is 17.0 Å². The fraction of sp³-hybridized carbons (Fsp3) is 0.450. The Morgan fingerprint density at radius 1 is 0.923 bits per heavy atom. The summed E-state index contributed by atoms with van der Waals surface area (Å²) in [6, 6.07) is 16.5. The van der Waals surface area contributed by atoms with Gasteiger partial charge in [-0.3, -0.25) is 14.8 Å². The lowest BCUT2D eigenvalue weighted by Gasteiger charge is -2.43. The zero-order valence-electron chi connectivity index (χ0n) is 15.1. The molecular weight excluding hydrogens is 346 g/mol. The summed E-state index contributed by atoms with van der Waals surface area (Å²) >= 11 is 0. The fourth-order valence-corrected chi connectivity index (χ4v) is 6.25. The van der Waals surface area contributed by atoms with Crippen LogP contribution in [0.5, 0.6) is 0 Å². The van der Waals surface area contributed by atoms with Crippen LogP contribution in [0.25, 0.3) is 0 Å². The SMILES string of the molecule is Cc1cccc(CN2CCN(Cc3ccccc3)C3CS(=O)(=O)CC32)n1. The highest BCUT2D eigenvalue weighted by atomic mass is 32.2. The van der Waals surface area contributed by atoms with E-state index < -0.39 is 9.84 Å². The standard InChI is InChI=1S/C20H25N3O2S/c1-16-6-5-9-18(21-16)13-23-11-10-22(12-17-7-3-2-4-8-17)19-14-26(24,25)15-20(19)23/h2-9,19-20H,10-15H2,1H3. The zero-order chi connectivity index (χ0) is 18.1. The first kappa shape index (κ1) is 17.6. The van der Waals surface area contributed by atoms with Crippen molar-refractivity contribution in [2.75, 3.05) is 24.6 Å². The Morgan fingerprint density at radius 3 is 2.23 bits per heavy atom. The molecule has 6 heteroatoms. The highest BCUT2D eigenvalue weighted by Gasteiger charge is 2.46. The quantitative estimate of drug-likeness (QED) is 0.821. The van der Waals surface area contributed by atoms with Crippen molar-refractivity contribution in [3.8, 4) is 0 Å². The highest BCUT2D eigenvalue weighted by molar-refractivity contribution is 7.91. The molecule has 1 aromatic heterocycles. The van der Waals surface area contributed by atoms with Crippen molar-refractivity contribution in [3.05, 3.63) is 65.5 Å². The van der Waals surface area contributed by atoms with Crippen molar-refractivity contribution >= 4 is 9.84 Å². The molecule has 0 spiro atoms. The molecule has 2 fully saturated rings. The molecule has 2 atom stereocenters. The summed E-state index contributed by atoms with van der Waals surface area (Å²) < 4.78 is 24.8. The van der Waals surface area contributed by atoms with Gasteiger partial charge >= 0.3 is 0 Å². The fourth-order valence-electron chi connectivity index (χ4n) is 4.20. The lowest BCUT2D eigenvalue weighted by molar-refractivity contribution is 0.0347. The van der Waals surface area contributed by atoms with Gasteiger partial charge in [-0.15, -0.1) is 0 Å². The summed E-state index contributed by atoms with van der Waals surface area (Å²) in [5, 5.41) is 0. The van der Waals surface area contributed by atoms with E-state index in [4.69, 9.17) is 0 Å². The summed E-state index contributed by atoms with van der Waals surface area (Å²) in [5.74, 6) is 0.525. The second-order valence-corrected chi connectivity index (χ2v) is 9.56. The molecule has 2 unspecified atom stereocenters. The molecule has 2 aromatic rings. The third-order valence-corrected chi connectivity index (χ3v) is 7.14. The van der Waals surface area contributed by atoms with Gasteiger partial charge in [0.25, 0.3) is 0 Å². The van der Waals surface area contributed by atoms with Gasteiger partial charge in [-0.25, -0.2) is 8.42 Å². The van der Waals surface area contributed by atoms with Gasteiger partial charge in [-0.05, 0) is 24.6 Å². The van der Waals surface area contributed by atoms with E-state index in [2.05, 4.69) is 26.9 Å². The summed E-state index contributed by atoms with van der Waals surface area (Å²) in [4.78, 5) is 9.27. The predicted molar refractivity (Wildman–Crippen MR) is 102 cm³/mol. The molecule has 2 aliphatic rings. The number of nitrogens with zero attached hydrogens (tertiary/aromatic N) is 3. The monoisotopic (exact) mass is 371 g/mol. The lowest BCUT2D eigenvalue weighted by atomic mass is 10.0. The maximum atomic E-state index is 12.4. The van der Waals surface area contributed by atoms with Crippen LogP contribution < -0.4 is 0 Å². The second-order valence-electron chi connectivity index (χ2n) is 7.41. The molecule has 0 radical (unpaired) electrons. The Hall–Kier alpha value is -1.76. The van der Waals surface area contributed by atoms with E-state index in [0.29, 0.717) is 0 Å². The van der Waals surface area contributed by atoms with Crippen molar-refractivity contribution in [2.45, 2.75) is 32.1 Å². The maximum Gasteiger partial charge on any atom is 0.153 e. The Balaban J connectivity index is 1.54. The van der Waals surface area contributed by atoms with Gasteiger partial charge in [-0.1, -0.05) is 36.4 Å². The van der Waals surface area contributed by atoms with Gasteiger partial charge in [0.15, 0.2) is 9.84 Å². The number of aromatic nitrogens is 1. The van der Waals surface area contributed by atoms with Gasteiger partial charge in [0.2, 0.25) is 0 Å². The average Bonchev–Trinajstić information content (AvgIpc) is 2.94. The Bertz CT molecular complexity index is 870. The number of hydrogen-bond donors (Lipinski definition) is 0. The number of pyridine rings is 1. The molecule has 1 aromatic carbocycles. The maximum absolute atomic E-state index is 12.4. The molecule has 0 saturated carbocycles. The van der Waals surface area contributed by atoms with E-state index in [9.17, 15) is 8.42 Å². The average molecular weight is 372 g/mol. The van der Waals surface area contributed by atoms with Crippen LogP contribution in [-0.2, 0) is 22.9 Å². The topological polar surface area (TPSA) is 53.5 Å². The minimum Gasteiger partial charge on any atom is -0.292 e. The van der Waals surface area contributed by atoms with Crippen molar-refractivity contribution in [3.63, 3.8) is 0 Å². The van der Waals surface area contributed by atoms with Gasteiger partial charge in [0.1, 0.15) is 0 Å². The van der Waals surface area contributed by atoms with Gasteiger partial charge in [0, 0.05) is 44.0 Å². The van der Waals surface area contributed by atoms with Crippen molar-refractivity contribution in [2.24, 2.45) is 0 Å². The number of aryl methyl sites for hydroxylation is 1. The lowest BCUT2D eigenvalue weighted by Crippen LogP contribution is -2.58. The Labute approximate surface area is 155 Å². The first-order valence-corrected chi connectivity index (χ1v) is 11.0. The number of benzene rings is 1. The molecule has 0 amide bonds. The van der Waals surface area contributed by atoms with Crippen LogP contribution in [0.4, 0.5) is 0 Å². The molecule has 0 N–H and O–H groups in total. The molecule has 0 aliphatic carbocycles. The first-order chi connectivity index (χ1) is 12.5. The van der Waals surface area contributed by atoms with Crippen molar-refractivity contribution in [1.82, 2.24) is 14.8 Å². The molecule has 5 nitrogen and oxygen atoms in total. The second kappa shape index (κ2) is 7.10. The summed E-state index contributed by atoms with van der Waals surface area (Å²) in [7, 11) is -2.99. The van der Waals surface area contributed by atoms with Gasteiger partial charge in [0.05, 0.1) is 17.2 Å². The van der Waals surface area contributed by atoms with Crippen LogP contribution >= 0.6 is 0 Å². The van der Waals surface area contributed by atoms with E-state index in [1.165, 1.54) is 5.56 Å². The van der Waals surface area contributed by atoms with Gasteiger partial charge < -0.3 is 0 Å². The predicted octanol–water partition coefficient (Wildman–Crippen LogP) is 1.87. The minimum atomic E-state index is -2.99.